The molecule has 30 heavy (non-hydrogen) atoms. The van der Waals surface area contributed by atoms with E-state index in [9.17, 15) is 4.39 Å². The van der Waals surface area contributed by atoms with E-state index in [-0.39, 0.29) is 5.82 Å². The maximum absolute atomic E-state index is 13.6. The molecule has 0 aliphatic heterocycles. The van der Waals surface area contributed by atoms with E-state index in [1.54, 1.807) is 12.1 Å². The largest absolute Gasteiger partial charge is 0.382 e. The van der Waals surface area contributed by atoms with Gasteiger partial charge in [0.25, 0.3) is 0 Å². The second-order valence-electron chi connectivity index (χ2n) is 7.05. The Morgan fingerprint density at radius 1 is 1.27 bits per heavy atom. The van der Waals surface area contributed by atoms with E-state index < -0.39 is 0 Å². The van der Waals surface area contributed by atoms with Crippen molar-refractivity contribution in [3.05, 3.63) is 47.4 Å². The molecule has 2 aromatic heterocycles. The number of aromatic nitrogens is 4. The van der Waals surface area contributed by atoms with Crippen molar-refractivity contribution < 1.29 is 9.13 Å². The zero-order valence-electron chi connectivity index (χ0n) is 17.8. The second kappa shape index (κ2) is 10.7. The standard InChI is InChI=1S/C21H30FN7O/c1-4-30-11-5-9-23-21(26-14-20-28-27-15(2)29(20)3)24-10-8-16-13-25-19-7-6-17(22)12-18(16)19/h6-7,12-13,25H,4-5,8-11,14H2,1-3H3,(H2,23,24,26). The Kier molecular flexibility index (Phi) is 7.78. The van der Waals surface area contributed by atoms with Gasteiger partial charge in [0.2, 0.25) is 0 Å². The molecule has 0 bridgehead atoms. The number of H-pyrrole nitrogens is 1. The van der Waals surface area contributed by atoms with Crippen molar-refractivity contribution in [1.29, 1.82) is 0 Å². The van der Waals surface area contributed by atoms with Gasteiger partial charge in [-0.2, -0.15) is 0 Å². The van der Waals surface area contributed by atoms with Crippen molar-refractivity contribution in [2.45, 2.75) is 33.2 Å². The molecule has 3 N–H and O–H groups in total. The predicted molar refractivity (Wildman–Crippen MR) is 116 cm³/mol. The molecule has 3 aromatic rings. The SMILES string of the molecule is CCOCCCNC(=NCc1nnc(C)n1C)NCCc1c[nH]c2ccc(F)cc12. The van der Waals surface area contributed by atoms with Crippen LogP contribution in [0.5, 0.6) is 0 Å². The summed E-state index contributed by atoms with van der Waals surface area (Å²) in [5, 5.41) is 15.8. The van der Waals surface area contributed by atoms with Crippen LogP contribution in [0.4, 0.5) is 4.39 Å². The first-order valence-electron chi connectivity index (χ1n) is 10.3. The minimum atomic E-state index is -0.228. The van der Waals surface area contributed by atoms with E-state index in [0.29, 0.717) is 25.7 Å². The van der Waals surface area contributed by atoms with Crippen LogP contribution in [-0.2, 0) is 24.8 Å². The number of rotatable bonds is 10. The summed E-state index contributed by atoms with van der Waals surface area (Å²) in [7, 11) is 1.93. The maximum atomic E-state index is 13.6. The van der Waals surface area contributed by atoms with E-state index in [4.69, 9.17) is 4.74 Å². The number of nitrogens with zero attached hydrogens (tertiary/aromatic N) is 4. The van der Waals surface area contributed by atoms with Crippen molar-refractivity contribution in [3.8, 4) is 0 Å². The first-order chi connectivity index (χ1) is 14.6. The Hall–Kier alpha value is -2.94. The van der Waals surface area contributed by atoms with Gasteiger partial charge in [0, 0.05) is 50.5 Å². The number of ether oxygens (including phenoxy) is 1. The van der Waals surface area contributed by atoms with Crippen LogP contribution in [0.1, 0.15) is 30.6 Å². The quantitative estimate of drug-likeness (QED) is 0.269. The van der Waals surface area contributed by atoms with E-state index in [1.807, 2.05) is 31.7 Å². The molecule has 0 amide bonds. The van der Waals surface area contributed by atoms with Gasteiger partial charge in [0.05, 0.1) is 0 Å². The van der Waals surface area contributed by atoms with Crippen LogP contribution < -0.4 is 10.6 Å². The molecule has 0 radical (unpaired) electrons. The Labute approximate surface area is 175 Å². The third-order valence-corrected chi connectivity index (χ3v) is 4.94. The lowest BCUT2D eigenvalue weighted by molar-refractivity contribution is 0.145. The summed E-state index contributed by atoms with van der Waals surface area (Å²) < 4.78 is 20.9. The smallest absolute Gasteiger partial charge is 0.191 e. The first-order valence-corrected chi connectivity index (χ1v) is 10.3. The monoisotopic (exact) mass is 415 g/mol. The molecule has 162 valence electrons. The molecule has 0 saturated carbocycles. The molecule has 1 aromatic carbocycles. The Balaban J connectivity index is 1.59. The molecular formula is C21H30FN7O. The van der Waals surface area contributed by atoms with Crippen molar-refractivity contribution in [3.63, 3.8) is 0 Å². The molecule has 9 heteroatoms. The van der Waals surface area contributed by atoms with E-state index >= 15 is 0 Å². The number of hydrogen-bond acceptors (Lipinski definition) is 4. The molecule has 0 aliphatic carbocycles. The van der Waals surface area contributed by atoms with Crippen molar-refractivity contribution >= 4 is 16.9 Å². The normalized spacial score (nSPS) is 11.9. The van der Waals surface area contributed by atoms with E-state index in [1.165, 1.54) is 6.07 Å². The minimum Gasteiger partial charge on any atom is -0.382 e. The van der Waals surface area contributed by atoms with Crippen LogP contribution in [-0.4, -0.2) is 52.0 Å². The lowest BCUT2D eigenvalue weighted by Crippen LogP contribution is -2.39. The van der Waals surface area contributed by atoms with Crippen LogP contribution >= 0.6 is 0 Å². The number of fused-ring (bicyclic) bond motifs is 1. The number of nitrogens with one attached hydrogen (secondary N) is 3. The molecule has 2 heterocycles. The van der Waals surface area contributed by atoms with Crippen LogP contribution in [0.15, 0.2) is 29.4 Å². The summed E-state index contributed by atoms with van der Waals surface area (Å²) in [5.74, 6) is 2.13. The molecule has 0 atom stereocenters. The van der Waals surface area contributed by atoms with E-state index in [0.717, 1.165) is 54.1 Å². The third kappa shape index (κ3) is 5.79. The molecule has 8 nitrogen and oxygen atoms in total. The zero-order valence-corrected chi connectivity index (χ0v) is 17.8. The molecule has 0 fully saturated rings. The second-order valence-corrected chi connectivity index (χ2v) is 7.05. The summed E-state index contributed by atoms with van der Waals surface area (Å²) in [6.45, 7) is 7.17. The fourth-order valence-electron chi connectivity index (χ4n) is 3.11. The summed E-state index contributed by atoms with van der Waals surface area (Å²) in [6.07, 6.45) is 3.56. The average molecular weight is 416 g/mol. The van der Waals surface area contributed by atoms with Gasteiger partial charge >= 0.3 is 0 Å². The van der Waals surface area contributed by atoms with Gasteiger partial charge in [-0.25, -0.2) is 9.38 Å². The van der Waals surface area contributed by atoms with Crippen molar-refractivity contribution in [2.24, 2.45) is 12.0 Å². The number of guanidine groups is 1. The van der Waals surface area contributed by atoms with E-state index in [2.05, 4.69) is 30.8 Å². The summed E-state index contributed by atoms with van der Waals surface area (Å²) in [5.41, 5.74) is 2.00. The first kappa shape index (κ1) is 21.8. The molecule has 3 rings (SSSR count). The van der Waals surface area contributed by atoms with Gasteiger partial charge in [-0.3, -0.25) is 0 Å². The van der Waals surface area contributed by atoms with Crippen molar-refractivity contribution in [2.75, 3.05) is 26.3 Å². The average Bonchev–Trinajstić information content (AvgIpc) is 3.28. The number of aryl methyl sites for hydroxylation is 1. The molecule has 0 aliphatic rings. The fourth-order valence-corrected chi connectivity index (χ4v) is 3.11. The number of hydrogen-bond donors (Lipinski definition) is 3. The van der Waals surface area contributed by atoms with Crippen LogP contribution in [0, 0.1) is 12.7 Å². The van der Waals surface area contributed by atoms with Gasteiger partial charge in [-0.15, -0.1) is 10.2 Å². The predicted octanol–water partition coefficient (Wildman–Crippen LogP) is 2.45. The number of benzene rings is 1. The summed E-state index contributed by atoms with van der Waals surface area (Å²) in [6, 6.07) is 4.79. The van der Waals surface area contributed by atoms with Gasteiger partial charge in [0.1, 0.15) is 18.2 Å². The van der Waals surface area contributed by atoms with Gasteiger partial charge in [-0.05, 0) is 50.5 Å². The fraction of sp³-hybridized carbons (Fsp3) is 0.476. The molecule has 0 spiro atoms. The Bertz CT molecular complexity index is 979. The van der Waals surface area contributed by atoms with Crippen LogP contribution in [0.25, 0.3) is 10.9 Å². The van der Waals surface area contributed by atoms with Crippen LogP contribution in [0.3, 0.4) is 0 Å². The molecule has 0 unspecified atom stereocenters. The van der Waals surface area contributed by atoms with Gasteiger partial charge < -0.3 is 24.9 Å². The highest BCUT2D eigenvalue weighted by atomic mass is 19.1. The summed E-state index contributed by atoms with van der Waals surface area (Å²) in [4.78, 5) is 7.83. The minimum absolute atomic E-state index is 0.228. The van der Waals surface area contributed by atoms with Crippen molar-refractivity contribution in [1.82, 2.24) is 30.4 Å². The lowest BCUT2D eigenvalue weighted by Gasteiger charge is -2.12. The summed E-state index contributed by atoms with van der Waals surface area (Å²) >= 11 is 0. The Morgan fingerprint density at radius 3 is 2.87 bits per heavy atom. The third-order valence-electron chi connectivity index (χ3n) is 4.94. The number of halogens is 1. The maximum Gasteiger partial charge on any atom is 0.191 e. The zero-order chi connectivity index (χ0) is 21.3. The number of aliphatic imine (C=N–C) groups is 1. The molecular weight excluding hydrogens is 385 g/mol. The highest BCUT2D eigenvalue weighted by molar-refractivity contribution is 5.83. The number of aromatic amines is 1. The Morgan fingerprint density at radius 2 is 2.10 bits per heavy atom. The van der Waals surface area contributed by atoms with Gasteiger partial charge in [-0.1, -0.05) is 0 Å². The lowest BCUT2D eigenvalue weighted by atomic mass is 10.1. The van der Waals surface area contributed by atoms with Crippen LogP contribution in [0.2, 0.25) is 0 Å². The molecule has 0 saturated heterocycles. The topological polar surface area (TPSA) is 92.2 Å². The van der Waals surface area contributed by atoms with Gasteiger partial charge in [0.15, 0.2) is 11.8 Å². The highest BCUT2D eigenvalue weighted by Gasteiger charge is 2.07. The highest BCUT2D eigenvalue weighted by Crippen LogP contribution is 2.19.